The average molecular weight is 1240 g/mol. The number of benzene rings is 2. The molecule has 2 aromatic rings. The Morgan fingerprint density at radius 3 is 1.00 bits per heavy atom. The molecule has 2 aromatic carbocycles. The maximum absolute atomic E-state index is 14.0. The fourth-order valence-electron chi connectivity index (χ4n) is 20.7. The summed E-state index contributed by atoms with van der Waals surface area (Å²) in [5, 5.41) is 0. The van der Waals surface area contributed by atoms with Crippen molar-refractivity contribution in [1.29, 1.82) is 0 Å². The molecule has 16 aliphatic rings. The van der Waals surface area contributed by atoms with Crippen LogP contribution in [0.25, 0.3) is 0 Å². The molecule has 16 saturated carbocycles. The number of halogens is 2. The van der Waals surface area contributed by atoms with Crippen molar-refractivity contribution >= 4 is 65.0 Å². The first-order chi connectivity index (χ1) is 37.8. The van der Waals surface area contributed by atoms with Gasteiger partial charge in [-0.3, -0.25) is 0 Å². The van der Waals surface area contributed by atoms with E-state index in [9.17, 15) is 19.2 Å². The van der Waals surface area contributed by atoms with Gasteiger partial charge in [0.25, 0.3) is 0 Å². The van der Waals surface area contributed by atoms with E-state index in [1.807, 2.05) is 0 Å². The van der Waals surface area contributed by atoms with Crippen LogP contribution in [0.3, 0.4) is 0 Å². The van der Waals surface area contributed by atoms with Crippen LogP contribution >= 0.6 is 17.9 Å². The van der Waals surface area contributed by atoms with Gasteiger partial charge in [-0.05, 0) is 12.8 Å². The van der Waals surface area contributed by atoms with Gasteiger partial charge in [-0.15, -0.1) is 0 Å². The predicted octanol–water partition coefficient (Wildman–Crippen LogP) is 11.3. The van der Waals surface area contributed by atoms with Gasteiger partial charge < -0.3 is 0 Å². The minimum absolute atomic E-state index is 0.177. The zero-order valence-electron chi connectivity index (χ0n) is 46.7. The van der Waals surface area contributed by atoms with Crippen LogP contribution in [0.15, 0.2) is 36.4 Å². The number of hydrogen-bond acceptors (Lipinski definition) is 12. The standard InChI is InChI=1S/C64H82Cl2O12Te/c1-61(43-13-35-9-36(15-43)16-44(61)14-35)75-57(67)31-71-51-5-8-56(55(29-51)74-34-60(70)78-64(4)49-25-41-12-42(27-49)28-50(64)26-41)79(65,66)52-6-7-53(72-32-58(68)76-62(2)45-17-37-10-38(19-45)20-46(62)18-37)54(30-52)73-33-59(69)77-63(3)47-21-39-11-40(23-47)24-48(63)22-39/h5-8,29-30,35-50H,9-28,31-34H2,1-4H3. The molecule has 0 aromatic heterocycles. The molecule has 12 nitrogen and oxygen atoms in total. The van der Waals surface area contributed by atoms with E-state index in [1.54, 1.807) is 36.4 Å². The Labute approximate surface area is 478 Å². The van der Waals surface area contributed by atoms with E-state index in [4.69, 9.17) is 55.8 Å². The quantitative estimate of drug-likeness (QED) is 0.0796. The number of ether oxygens (including phenoxy) is 8. The number of hydrogen-bond donors (Lipinski definition) is 0. The first-order valence-corrected chi connectivity index (χ1v) is 38.9. The number of carbonyl (C=O) groups is 4. The third-order valence-corrected chi connectivity index (χ3v) is 33.7. The summed E-state index contributed by atoms with van der Waals surface area (Å²) < 4.78 is 51.9. The van der Waals surface area contributed by atoms with Crippen LogP contribution in [0, 0.1) is 94.7 Å². The fourth-order valence-corrected chi connectivity index (χ4v) is 27.6. The summed E-state index contributed by atoms with van der Waals surface area (Å²) in [5.41, 5.74) is -2.14. The number of rotatable bonds is 18. The third kappa shape index (κ3) is 9.67. The van der Waals surface area contributed by atoms with Gasteiger partial charge in [-0.25, -0.2) is 0 Å². The molecular formula is C64H82Cl2O12Te. The zero-order valence-corrected chi connectivity index (χ0v) is 50.6. The van der Waals surface area contributed by atoms with E-state index in [0.717, 1.165) is 126 Å². The fraction of sp³-hybridized carbons (Fsp3) is 0.750. The first-order valence-electron chi connectivity index (χ1n) is 30.7. The van der Waals surface area contributed by atoms with E-state index < -0.39 is 68.8 Å². The second-order valence-corrected chi connectivity index (χ2v) is 41.2. The van der Waals surface area contributed by atoms with Crippen LogP contribution in [-0.4, -0.2) is 88.6 Å². The van der Waals surface area contributed by atoms with Crippen molar-refractivity contribution in [2.24, 2.45) is 94.7 Å². The average Bonchev–Trinajstić information content (AvgIpc) is 3.56. The SMILES string of the molecule is CC1(OC(=O)COc2ccc([Te](Cl)(Cl)c3ccc(OCC(=O)OC4(C)C5CC6CC(C5)CC4C6)c(OCC(=O)OC4(C)C5CC6CC(C5)CC4C6)c3)c(OCC(=O)OC3(C)C4CC5CC(C4)CC3C5)c2)C2CC3CC(C2)CC1C3. The Morgan fingerprint density at radius 2 is 0.671 bits per heavy atom. The van der Waals surface area contributed by atoms with Crippen molar-refractivity contribution in [2.75, 3.05) is 26.4 Å². The van der Waals surface area contributed by atoms with E-state index >= 15 is 0 Å². The molecule has 16 bridgehead atoms. The van der Waals surface area contributed by atoms with Gasteiger partial charge in [0.05, 0.1) is 0 Å². The Hall–Kier alpha value is -3.11. The zero-order chi connectivity index (χ0) is 54.4. The van der Waals surface area contributed by atoms with Crippen LogP contribution in [0.1, 0.15) is 156 Å². The molecule has 430 valence electrons. The van der Waals surface area contributed by atoms with Crippen LogP contribution < -0.4 is 26.2 Å². The van der Waals surface area contributed by atoms with Gasteiger partial charge in [-0.2, -0.15) is 0 Å². The first kappa shape index (κ1) is 53.9. The molecule has 0 spiro atoms. The molecule has 0 N–H and O–H groups in total. The molecule has 16 fully saturated rings. The van der Waals surface area contributed by atoms with Crippen LogP contribution in [0.5, 0.6) is 23.0 Å². The molecule has 16 aliphatic carbocycles. The van der Waals surface area contributed by atoms with Crippen molar-refractivity contribution in [1.82, 2.24) is 0 Å². The van der Waals surface area contributed by atoms with E-state index in [0.29, 0.717) is 84.0 Å². The molecule has 0 saturated heterocycles. The van der Waals surface area contributed by atoms with Crippen molar-refractivity contribution < 1.29 is 57.1 Å². The molecule has 0 amide bonds. The topological polar surface area (TPSA) is 142 Å². The van der Waals surface area contributed by atoms with Crippen molar-refractivity contribution in [3.63, 3.8) is 0 Å². The van der Waals surface area contributed by atoms with Gasteiger partial charge in [0.1, 0.15) is 0 Å². The Kier molecular flexibility index (Phi) is 13.7. The second kappa shape index (κ2) is 20.0. The molecular weight excluding hydrogens is 1160 g/mol. The van der Waals surface area contributed by atoms with Gasteiger partial charge >= 0.3 is 468 Å². The van der Waals surface area contributed by atoms with E-state index in [-0.39, 0.29) is 37.1 Å². The molecule has 0 aliphatic heterocycles. The van der Waals surface area contributed by atoms with Crippen molar-refractivity contribution in [3.8, 4) is 23.0 Å². The van der Waals surface area contributed by atoms with Gasteiger partial charge in [0.2, 0.25) is 0 Å². The van der Waals surface area contributed by atoms with Crippen LogP contribution in [-0.2, 0) is 38.1 Å². The minimum atomic E-state index is -4.61. The number of carbonyl (C=O) groups excluding carboxylic acids is 4. The molecule has 79 heavy (non-hydrogen) atoms. The Balaban J connectivity index is 0.715. The summed E-state index contributed by atoms with van der Waals surface area (Å²) >= 11 is -4.61. The van der Waals surface area contributed by atoms with Crippen LogP contribution in [0.2, 0.25) is 0 Å². The summed E-state index contributed by atoms with van der Waals surface area (Å²) in [4.78, 5) is 55.5. The van der Waals surface area contributed by atoms with Gasteiger partial charge in [0, 0.05) is 0 Å². The third-order valence-electron chi connectivity index (χ3n) is 24.2. The summed E-state index contributed by atoms with van der Waals surface area (Å²) in [5.74, 6) is 7.69. The summed E-state index contributed by atoms with van der Waals surface area (Å²) in [6, 6.07) is 10.2. The molecule has 15 heteroatoms. The van der Waals surface area contributed by atoms with E-state index in [2.05, 4.69) is 27.7 Å². The van der Waals surface area contributed by atoms with Crippen molar-refractivity contribution in [2.45, 2.75) is 179 Å². The molecule has 0 atom stereocenters. The molecule has 0 unspecified atom stereocenters. The van der Waals surface area contributed by atoms with Gasteiger partial charge in [-0.1, -0.05) is 0 Å². The maximum atomic E-state index is 14.0. The summed E-state index contributed by atoms with van der Waals surface area (Å²) in [7, 11) is 15.5. The van der Waals surface area contributed by atoms with Gasteiger partial charge in [0.15, 0.2) is 0 Å². The monoisotopic (exact) mass is 1240 g/mol. The molecule has 0 heterocycles. The van der Waals surface area contributed by atoms with E-state index in [1.165, 1.54) is 25.7 Å². The number of esters is 4. The second-order valence-electron chi connectivity index (χ2n) is 28.7. The van der Waals surface area contributed by atoms with Crippen molar-refractivity contribution in [3.05, 3.63) is 36.4 Å². The molecule has 0 radical (unpaired) electrons. The summed E-state index contributed by atoms with van der Waals surface area (Å²) in [6.07, 6.45) is 22.7. The normalized spacial score (nSPS) is 43.1. The Morgan fingerprint density at radius 1 is 0.380 bits per heavy atom. The summed E-state index contributed by atoms with van der Waals surface area (Å²) in [6.45, 7) is 7.02. The molecule has 18 rings (SSSR count). The van der Waals surface area contributed by atoms with Crippen LogP contribution in [0.4, 0.5) is 0 Å². The Bertz CT molecular complexity index is 2640. The predicted molar refractivity (Wildman–Crippen MR) is 298 cm³/mol.